The molecule has 4 rings (SSSR count). The Kier molecular flexibility index (Phi) is 8.75. The highest BCUT2D eigenvalue weighted by atomic mass is 19.4. The molecule has 2 saturated heterocycles. The number of carbonyl (C=O) groups is 2. The van der Waals surface area contributed by atoms with Crippen LogP contribution in [-0.2, 0) is 31.8 Å². The Hall–Kier alpha value is -3.18. The van der Waals surface area contributed by atoms with Crippen LogP contribution in [0.1, 0.15) is 62.8 Å². The Balaban J connectivity index is 1.81. The lowest BCUT2D eigenvalue weighted by Gasteiger charge is -2.35. The first-order chi connectivity index (χ1) is 18.8. The molecule has 40 heavy (non-hydrogen) atoms. The number of carbonyl (C=O) groups excluding carboxylic acids is 1. The van der Waals surface area contributed by atoms with Crippen molar-refractivity contribution in [1.82, 2.24) is 9.88 Å². The Morgan fingerprint density at radius 2 is 1.85 bits per heavy atom. The Bertz CT molecular complexity index is 1190. The van der Waals surface area contributed by atoms with Crippen LogP contribution in [0.25, 0.3) is 0 Å². The number of carboxylic acids is 1. The van der Waals surface area contributed by atoms with Crippen molar-refractivity contribution in [3.05, 3.63) is 59.3 Å². The summed E-state index contributed by atoms with van der Waals surface area (Å²) in [7, 11) is 1.30. The van der Waals surface area contributed by atoms with E-state index >= 15 is 0 Å². The number of likely N-dealkylation sites (tertiary alicyclic amines) is 1. The van der Waals surface area contributed by atoms with Crippen molar-refractivity contribution in [1.29, 1.82) is 0 Å². The molecule has 0 radical (unpaired) electrons. The summed E-state index contributed by atoms with van der Waals surface area (Å²) in [5.74, 6) is -2.37. The minimum Gasteiger partial charge on any atom is -0.481 e. The van der Waals surface area contributed by atoms with Crippen LogP contribution >= 0.6 is 0 Å². The fraction of sp³-hybridized carbons (Fsp3) is 0.552. The Labute approximate surface area is 231 Å². The standard InChI is InChI=1S/C29H35F3N2O6/c1-28(2,3)21-23(27(36)37)34(26(35)20-12-8-9-13-39-20)22(17-10-6-5-7-11-17)24(21)40-16-18-14-19(29(30,31)32)15-33-25(18)38-4/h5-7,10-11,14-15,20-24H,8-9,12-13,16H2,1-4H3,(H,36,37)/t20-,21+,22-,23-,24-/m0/s1. The highest BCUT2D eigenvalue weighted by Gasteiger charge is 2.59. The van der Waals surface area contributed by atoms with Crippen LogP contribution in [0, 0.1) is 11.3 Å². The number of aromatic nitrogens is 1. The summed E-state index contributed by atoms with van der Waals surface area (Å²) in [6, 6.07) is 7.79. The molecule has 0 spiro atoms. The predicted octanol–water partition coefficient (Wildman–Crippen LogP) is 5.26. The molecule has 0 bridgehead atoms. The van der Waals surface area contributed by atoms with Crippen molar-refractivity contribution in [2.75, 3.05) is 13.7 Å². The van der Waals surface area contributed by atoms with Crippen LogP contribution in [0.4, 0.5) is 13.2 Å². The van der Waals surface area contributed by atoms with Gasteiger partial charge in [-0.3, -0.25) is 4.79 Å². The lowest BCUT2D eigenvalue weighted by molar-refractivity contribution is -0.159. The van der Waals surface area contributed by atoms with Gasteiger partial charge in [-0.15, -0.1) is 0 Å². The molecule has 0 unspecified atom stereocenters. The molecule has 11 heteroatoms. The summed E-state index contributed by atoms with van der Waals surface area (Å²) >= 11 is 0. The fourth-order valence-corrected chi connectivity index (χ4v) is 5.82. The number of hydrogen-bond acceptors (Lipinski definition) is 6. The van der Waals surface area contributed by atoms with Gasteiger partial charge in [-0.25, -0.2) is 9.78 Å². The molecule has 3 heterocycles. The van der Waals surface area contributed by atoms with E-state index in [1.54, 1.807) is 30.3 Å². The van der Waals surface area contributed by atoms with E-state index < -0.39 is 59.2 Å². The van der Waals surface area contributed by atoms with Crippen LogP contribution in [0.3, 0.4) is 0 Å². The second-order valence-electron chi connectivity index (χ2n) is 11.3. The summed E-state index contributed by atoms with van der Waals surface area (Å²) in [4.78, 5) is 32.0. The SMILES string of the molecule is COc1ncc(C(F)(F)F)cc1CO[C@H]1[C@H](C(C)(C)C)[C@@H](C(=O)O)N(C(=O)[C@@H]2CCCCO2)[C@H]1c1ccccc1. The molecule has 0 saturated carbocycles. The molecular weight excluding hydrogens is 529 g/mol. The van der Waals surface area contributed by atoms with Gasteiger partial charge in [-0.05, 0) is 36.3 Å². The molecule has 2 fully saturated rings. The number of methoxy groups -OCH3 is 1. The zero-order valence-electron chi connectivity index (χ0n) is 23.0. The average molecular weight is 565 g/mol. The van der Waals surface area contributed by atoms with Crippen LogP contribution in [0.2, 0.25) is 0 Å². The molecule has 1 aromatic heterocycles. The molecule has 218 valence electrons. The normalized spacial score (nSPS) is 25.6. The molecule has 5 atom stereocenters. The molecule has 2 aliphatic heterocycles. The van der Waals surface area contributed by atoms with Crippen molar-refractivity contribution in [2.24, 2.45) is 11.3 Å². The van der Waals surface area contributed by atoms with E-state index in [-0.39, 0.29) is 18.1 Å². The number of alkyl halides is 3. The highest BCUT2D eigenvalue weighted by molar-refractivity contribution is 5.88. The van der Waals surface area contributed by atoms with Gasteiger partial charge in [-0.1, -0.05) is 51.1 Å². The van der Waals surface area contributed by atoms with Crippen LogP contribution in [0.15, 0.2) is 42.6 Å². The molecule has 1 N–H and O–H groups in total. The summed E-state index contributed by atoms with van der Waals surface area (Å²) in [6.45, 7) is 5.66. The highest BCUT2D eigenvalue weighted by Crippen LogP contribution is 2.50. The number of halogens is 3. The third kappa shape index (κ3) is 6.10. The van der Waals surface area contributed by atoms with Crippen molar-refractivity contribution in [3.8, 4) is 5.88 Å². The van der Waals surface area contributed by atoms with Crippen LogP contribution < -0.4 is 4.74 Å². The maximum atomic E-state index is 14.0. The molecule has 2 aromatic rings. The maximum Gasteiger partial charge on any atom is 0.417 e. The van der Waals surface area contributed by atoms with Gasteiger partial charge in [0.2, 0.25) is 5.88 Å². The summed E-state index contributed by atoms with van der Waals surface area (Å²) in [5.41, 5.74) is -0.910. The first kappa shape index (κ1) is 29.8. The van der Waals surface area contributed by atoms with Gasteiger partial charge >= 0.3 is 12.1 Å². The minimum atomic E-state index is -4.63. The first-order valence-electron chi connectivity index (χ1n) is 13.3. The number of benzene rings is 1. The quantitative estimate of drug-likeness (QED) is 0.490. The van der Waals surface area contributed by atoms with Crippen molar-refractivity contribution < 1.29 is 42.1 Å². The molecule has 1 aromatic carbocycles. The lowest BCUT2D eigenvalue weighted by Crippen LogP contribution is -2.51. The lowest BCUT2D eigenvalue weighted by atomic mass is 9.73. The van der Waals surface area contributed by atoms with Crippen molar-refractivity contribution >= 4 is 11.9 Å². The van der Waals surface area contributed by atoms with Crippen LogP contribution in [0.5, 0.6) is 5.88 Å². The fourth-order valence-electron chi connectivity index (χ4n) is 5.82. The average Bonchev–Trinajstić information content (AvgIpc) is 3.28. The molecule has 0 aliphatic carbocycles. The van der Waals surface area contributed by atoms with E-state index in [1.807, 2.05) is 20.8 Å². The zero-order chi connectivity index (χ0) is 29.2. The van der Waals surface area contributed by atoms with Gasteiger partial charge in [-0.2, -0.15) is 13.2 Å². The van der Waals surface area contributed by atoms with Crippen molar-refractivity contribution in [3.63, 3.8) is 0 Å². The third-order valence-corrected chi connectivity index (χ3v) is 7.59. The van der Waals surface area contributed by atoms with Gasteiger partial charge < -0.3 is 24.2 Å². The van der Waals surface area contributed by atoms with E-state index in [0.717, 1.165) is 18.9 Å². The monoisotopic (exact) mass is 564 g/mol. The van der Waals surface area contributed by atoms with Gasteiger partial charge in [0.15, 0.2) is 0 Å². The number of rotatable bonds is 7. The Morgan fingerprint density at radius 1 is 1.15 bits per heavy atom. The number of hydrogen-bond donors (Lipinski definition) is 1. The third-order valence-electron chi connectivity index (χ3n) is 7.59. The topological polar surface area (TPSA) is 98.2 Å². The van der Waals surface area contributed by atoms with E-state index in [9.17, 15) is 27.9 Å². The maximum absolute atomic E-state index is 14.0. The second-order valence-corrected chi connectivity index (χ2v) is 11.3. The molecule has 8 nitrogen and oxygen atoms in total. The number of carboxylic acid groups (broad SMARTS) is 1. The number of nitrogens with zero attached hydrogens (tertiary/aromatic N) is 2. The Morgan fingerprint density at radius 3 is 2.40 bits per heavy atom. The second kappa shape index (κ2) is 11.7. The predicted molar refractivity (Wildman–Crippen MR) is 138 cm³/mol. The van der Waals surface area contributed by atoms with Gasteiger partial charge in [0, 0.05) is 24.3 Å². The summed E-state index contributed by atoms with van der Waals surface area (Å²) in [5, 5.41) is 10.5. The van der Waals surface area contributed by atoms with Gasteiger partial charge in [0.05, 0.1) is 31.4 Å². The van der Waals surface area contributed by atoms with E-state index in [4.69, 9.17) is 14.2 Å². The molecule has 1 amide bonds. The van der Waals surface area contributed by atoms with Crippen LogP contribution in [-0.4, -0.2) is 58.8 Å². The number of amides is 1. The number of pyridine rings is 1. The number of aliphatic carboxylic acids is 1. The first-order valence-corrected chi connectivity index (χ1v) is 13.3. The largest absolute Gasteiger partial charge is 0.481 e. The number of ether oxygens (including phenoxy) is 3. The van der Waals surface area contributed by atoms with Gasteiger partial charge in [0.25, 0.3) is 5.91 Å². The molecule has 2 aliphatic rings. The molecular formula is C29H35F3N2O6. The van der Waals surface area contributed by atoms with E-state index in [0.29, 0.717) is 24.8 Å². The van der Waals surface area contributed by atoms with Crippen molar-refractivity contribution in [2.45, 2.75) is 77.1 Å². The smallest absolute Gasteiger partial charge is 0.417 e. The summed E-state index contributed by atoms with van der Waals surface area (Å²) < 4.78 is 57.7. The zero-order valence-corrected chi connectivity index (χ0v) is 23.0. The summed E-state index contributed by atoms with van der Waals surface area (Å²) in [6.07, 6.45) is -3.53. The van der Waals surface area contributed by atoms with E-state index in [1.165, 1.54) is 12.0 Å². The minimum absolute atomic E-state index is 0.0344. The van der Waals surface area contributed by atoms with E-state index in [2.05, 4.69) is 4.98 Å². The van der Waals surface area contributed by atoms with Gasteiger partial charge in [0.1, 0.15) is 12.1 Å².